The van der Waals surface area contributed by atoms with Gasteiger partial charge in [-0.1, -0.05) is 19.1 Å². The Balaban J connectivity index is 1.79. The monoisotopic (exact) mass is 423 g/mol. The summed E-state index contributed by atoms with van der Waals surface area (Å²) in [6, 6.07) is 11.3. The number of carbonyl (C=O) groups is 1. The molecule has 4 aromatic rings. The van der Waals surface area contributed by atoms with Crippen molar-refractivity contribution in [1.82, 2.24) is 20.6 Å². The minimum atomic E-state index is -0.457. The average Bonchev–Trinajstić information content (AvgIpc) is 3.34. The molecule has 8 nitrogen and oxygen atoms in total. The van der Waals surface area contributed by atoms with Crippen LogP contribution in [0.15, 0.2) is 36.4 Å². The van der Waals surface area contributed by atoms with Crippen LogP contribution in [0, 0.1) is 6.92 Å². The van der Waals surface area contributed by atoms with Gasteiger partial charge in [0.15, 0.2) is 6.61 Å². The molecule has 1 amide bonds. The maximum absolute atomic E-state index is 11.4. The van der Waals surface area contributed by atoms with Crippen molar-refractivity contribution in [3.05, 3.63) is 47.7 Å². The maximum atomic E-state index is 11.4. The van der Waals surface area contributed by atoms with Gasteiger partial charge in [-0.3, -0.25) is 15.3 Å². The van der Waals surface area contributed by atoms with Crippen LogP contribution in [0.25, 0.3) is 32.0 Å². The smallest absolute Gasteiger partial charge is 0.271 e. The van der Waals surface area contributed by atoms with Crippen molar-refractivity contribution >= 4 is 27.5 Å². The molecule has 2 aromatic carbocycles. The number of nitrogens with two attached hydrogens (primary N) is 1. The first-order chi connectivity index (χ1) is 14.5. The van der Waals surface area contributed by atoms with Crippen molar-refractivity contribution in [3.63, 3.8) is 0 Å². The molecule has 0 fully saturated rings. The second-order valence-electron chi connectivity index (χ2n) is 6.75. The second-order valence-corrected chi connectivity index (χ2v) is 7.78. The molecule has 154 valence electrons. The van der Waals surface area contributed by atoms with E-state index < -0.39 is 5.91 Å². The summed E-state index contributed by atoms with van der Waals surface area (Å²) in [4.78, 5) is 16.1. The Morgan fingerprint density at radius 1 is 1.33 bits per heavy atom. The number of aryl methyl sites for hydroxylation is 2. The number of rotatable bonds is 6. The van der Waals surface area contributed by atoms with Gasteiger partial charge in [0.25, 0.3) is 5.91 Å². The lowest BCUT2D eigenvalue weighted by Crippen LogP contribution is -2.34. The van der Waals surface area contributed by atoms with Crippen LogP contribution >= 0.6 is 11.3 Å². The number of aromatic amines is 1. The zero-order valence-corrected chi connectivity index (χ0v) is 17.3. The van der Waals surface area contributed by atoms with Gasteiger partial charge in [0.1, 0.15) is 22.2 Å². The van der Waals surface area contributed by atoms with E-state index in [4.69, 9.17) is 15.6 Å². The summed E-state index contributed by atoms with van der Waals surface area (Å²) in [5.74, 6) is 5.07. The minimum Gasteiger partial charge on any atom is -0.507 e. The van der Waals surface area contributed by atoms with Crippen molar-refractivity contribution in [1.29, 1.82) is 0 Å². The molecule has 0 radical (unpaired) electrons. The number of hydrazine groups is 1. The summed E-state index contributed by atoms with van der Waals surface area (Å²) in [6.07, 6.45) is 0.646. The molecular formula is C21H21N5O3S. The van der Waals surface area contributed by atoms with Gasteiger partial charge in [-0.2, -0.15) is 5.10 Å². The van der Waals surface area contributed by atoms with Gasteiger partial charge in [0.2, 0.25) is 0 Å². The molecule has 0 atom stereocenters. The summed E-state index contributed by atoms with van der Waals surface area (Å²) < 4.78 is 6.60. The van der Waals surface area contributed by atoms with E-state index in [2.05, 4.69) is 10.2 Å². The van der Waals surface area contributed by atoms with Crippen LogP contribution in [-0.4, -0.2) is 32.8 Å². The van der Waals surface area contributed by atoms with Crippen LogP contribution in [0.4, 0.5) is 0 Å². The number of hydrogen-bond acceptors (Lipinski definition) is 7. The molecule has 2 heterocycles. The highest BCUT2D eigenvalue weighted by Crippen LogP contribution is 2.42. The molecule has 0 unspecified atom stereocenters. The molecule has 0 bridgehead atoms. The normalized spacial score (nSPS) is 11.0. The van der Waals surface area contributed by atoms with Gasteiger partial charge in [-0.05, 0) is 37.1 Å². The summed E-state index contributed by atoms with van der Waals surface area (Å²) >= 11 is 1.58. The van der Waals surface area contributed by atoms with Gasteiger partial charge in [0.05, 0.1) is 15.8 Å². The number of amides is 1. The molecule has 0 aliphatic heterocycles. The number of nitrogens with one attached hydrogen (secondary N) is 2. The minimum absolute atomic E-state index is 0.00391. The van der Waals surface area contributed by atoms with Gasteiger partial charge in [-0.15, -0.1) is 11.3 Å². The van der Waals surface area contributed by atoms with E-state index in [0.29, 0.717) is 23.4 Å². The fourth-order valence-corrected chi connectivity index (χ4v) is 4.33. The zero-order chi connectivity index (χ0) is 21.3. The van der Waals surface area contributed by atoms with Crippen LogP contribution in [0.2, 0.25) is 0 Å². The summed E-state index contributed by atoms with van der Waals surface area (Å²) in [6.45, 7) is 3.66. The fraction of sp³-hybridized carbons (Fsp3) is 0.190. The van der Waals surface area contributed by atoms with Crippen molar-refractivity contribution in [2.75, 3.05) is 6.61 Å². The van der Waals surface area contributed by atoms with Crippen molar-refractivity contribution in [3.8, 4) is 33.3 Å². The quantitative estimate of drug-likeness (QED) is 0.214. The number of ether oxygens (including phenoxy) is 1. The Bertz CT molecular complexity index is 1200. The highest BCUT2D eigenvalue weighted by Gasteiger charge is 2.22. The SMILES string of the molecule is CCc1cc(-c2n[nH]c(C)c2-c2nc3ccccc3s2)c(O)cc1OCC(=O)NN. The highest BCUT2D eigenvalue weighted by molar-refractivity contribution is 7.21. The standard InChI is InChI=1S/C21H21N5O3S/c1-3-12-8-13(15(27)9-16(12)29-10-18(28)24-22)20-19(11(2)25-26-20)21-23-14-6-4-5-7-17(14)30-21/h4-9,27H,3,10,22H2,1-2H3,(H,24,28)(H,25,26). The Morgan fingerprint density at radius 3 is 2.87 bits per heavy atom. The van der Waals surface area contributed by atoms with Gasteiger partial charge in [-0.25, -0.2) is 10.8 Å². The molecule has 5 N–H and O–H groups in total. The van der Waals surface area contributed by atoms with E-state index in [-0.39, 0.29) is 12.4 Å². The molecule has 0 spiro atoms. The van der Waals surface area contributed by atoms with E-state index in [1.165, 1.54) is 6.07 Å². The van der Waals surface area contributed by atoms with Gasteiger partial charge in [0, 0.05) is 17.3 Å². The Morgan fingerprint density at radius 2 is 2.13 bits per heavy atom. The van der Waals surface area contributed by atoms with Crippen LogP contribution in [0.5, 0.6) is 11.5 Å². The first-order valence-electron chi connectivity index (χ1n) is 9.41. The second kappa shape index (κ2) is 8.13. The maximum Gasteiger partial charge on any atom is 0.271 e. The molecule has 30 heavy (non-hydrogen) atoms. The number of H-pyrrole nitrogens is 1. The van der Waals surface area contributed by atoms with Crippen LogP contribution in [0.3, 0.4) is 0 Å². The van der Waals surface area contributed by atoms with E-state index in [1.54, 1.807) is 11.3 Å². The lowest BCUT2D eigenvalue weighted by atomic mass is 10.0. The van der Waals surface area contributed by atoms with Crippen LogP contribution in [-0.2, 0) is 11.2 Å². The molecule has 0 saturated carbocycles. The fourth-order valence-electron chi connectivity index (χ4n) is 3.26. The molecular weight excluding hydrogens is 402 g/mol. The highest BCUT2D eigenvalue weighted by atomic mass is 32.1. The van der Waals surface area contributed by atoms with E-state index in [9.17, 15) is 9.90 Å². The molecule has 0 aliphatic rings. The number of carbonyl (C=O) groups excluding carboxylic acids is 1. The third-order valence-corrected chi connectivity index (χ3v) is 5.84. The number of fused-ring (bicyclic) bond motifs is 1. The number of aromatic nitrogens is 3. The lowest BCUT2D eigenvalue weighted by Gasteiger charge is -2.13. The largest absolute Gasteiger partial charge is 0.507 e. The number of phenolic OH excluding ortho intramolecular Hbond substituents is 1. The van der Waals surface area contributed by atoms with Gasteiger partial charge >= 0.3 is 0 Å². The third kappa shape index (κ3) is 3.60. The molecule has 0 saturated heterocycles. The number of aromatic hydroxyl groups is 1. The number of phenols is 1. The van der Waals surface area contributed by atoms with Gasteiger partial charge < -0.3 is 9.84 Å². The molecule has 0 aliphatic carbocycles. The number of hydrogen-bond donors (Lipinski definition) is 4. The van der Waals surface area contributed by atoms with Crippen LogP contribution < -0.4 is 16.0 Å². The van der Waals surface area contributed by atoms with Crippen molar-refractivity contribution < 1.29 is 14.6 Å². The predicted molar refractivity (Wildman–Crippen MR) is 116 cm³/mol. The number of thiazole rings is 1. The topological polar surface area (TPSA) is 126 Å². The molecule has 9 heteroatoms. The van der Waals surface area contributed by atoms with Crippen LogP contribution in [0.1, 0.15) is 18.2 Å². The zero-order valence-electron chi connectivity index (χ0n) is 16.5. The predicted octanol–water partition coefficient (Wildman–Crippen LogP) is 3.30. The van der Waals surface area contributed by atoms with Crippen molar-refractivity contribution in [2.45, 2.75) is 20.3 Å². The summed E-state index contributed by atoms with van der Waals surface area (Å²) in [7, 11) is 0. The Labute approximate surface area is 176 Å². The van der Waals surface area contributed by atoms with E-state index in [0.717, 1.165) is 32.0 Å². The third-order valence-electron chi connectivity index (χ3n) is 4.79. The summed E-state index contributed by atoms with van der Waals surface area (Å²) in [5.41, 5.74) is 6.68. The summed E-state index contributed by atoms with van der Waals surface area (Å²) in [5, 5.41) is 19.0. The number of benzene rings is 2. The first kappa shape index (κ1) is 19.9. The van der Waals surface area contributed by atoms with E-state index >= 15 is 0 Å². The Hall–Kier alpha value is -3.43. The lowest BCUT2D eigenvalue weighted by molar-refractivity contribution is -0.123. The molecule has 2 aromatic heterocycles. The molecule has 4 rings (SSSR count). The first-order valence-corrected chi connectivity index (χ1v) is 10.2. The Kier molecular flexibility index (Phi) is 5.39. The van der Waals surface area contributed by atoms with Crippen molar-refractivity contribution in [2.24, 2.45) is 5.84 Å². The van der Waals surface area contributed by atoms with E-state index in [1.807, 2.05) is 49.6 Å². The number of nitrogens with zero attached hydrogens (tertiary/aromatic N) is 2. The average molecular weight is 423 g/mol. The number of para-hydroxylation sites is 1.